The average Bonchev–Trinajstić information content (AvgIpc) is 2.83. The van der Waals surface area contributed by atoms with Crippen LogP contribution in [0, 0.1) is 5.41 Å². The maximum absolute atomic E-state index is 12.8. The predicted octanol–water partition coefficient (Wildman–Crippen LogP) is 1.93. The van der Waals surface area contributed by atoms with E-state index < -0.39 is 23.7 Å². The third-order valence-electron chi connectivity index (χ3n) is 4.50. The second kappa shape index (κ2) is 4.81. The zero-order chi connectivity index (χ0) is 16.1. The molecule has 3 atom stereocenters. The number of ether oxygens (including phenoxy) is 2. The highest BCUT2D eigenvalue weighted by Crippen LogP contribution is 2.53. The fraction of sp³-hybridized carbons (Fsp3) is 0.529. The Morgan fingerprint density at radius 3 is 2.50 bits per heavy atom. The third-order valence-corrected chi connectivity index (χ3v) is 4.50. The lowest BCUT2D eigenvalue weighted by Crippen LogP contribution is -2.74. The van der Waals surface area contributed by atoms with Crippen molar-refractivity contribution in [1.82, 2.24) is 4.90 Å². The van der Waals surface area contributed by atoms with Crippen molar-refractivity contribution in [3.63, 3.8) is 0 Å². The summed E-state index contributed by atoms with van der Waals surface area (Å²) in [6.45, 7) is 6.16. The van der Waals surface area contributed by atoms with Crippen LogP contribution in [0.15, 0.2) is 30.3 Å². The zero-order valence-electron chi connectivity index (χ0n) is 13.3. The van der Waals surface area contributed by atoms with Gasteiger partial charge in [-0.1, -0.05) is 51.1 Å². The van der Waals surface area contributed by atoms with Gasteiger partial charge in [0, 0.05) is 5.41 Å². The summed E-state index contributed by atoms with van der Waals surface area (Å²) in [6.07, 6.45) is -0.418. The third kappa shape index (κ3) is 1.81. The molecule has 1 aromatic carbocycles. The monoisotopic (exact) mass is 303 g/mol. The minimum Gasteiger partial charge on any atom is -0.467 e. The van der Waals surface area contributed by atoms with Gasteiger partial charge in [-0.2, -0.15) is 0 Å². The molecule has 3 rings (SSSR count). The Balaban J connectivity index is 2.05. The number of amides is 1. The second-order valence-corrected chi connectivity index (χ2v) is 7.00. The molecule has 5 heteroatoms. The molecule has 22 heavy (non-hydrogen) atoms. The van der Waals surface area contributed by atoms with E-state index in [-0.39, 0.29) is 17.9 Å². The first-order valence-electron chi connectivity index (χ1n) is 7.42. The van der Waals surface area contributed by atoms with Gasteiger partial charge in [-0.15, -0.1) is 0 Å². The average molecular weight is 303 g/mol. The Morgan fingerprint density at radius 2 is 1.95 bits per heavy atom. The van der Waals surface area contributed by atoms with Gasteiger partial charge in [0.05, 0.1) is 19.6 Å². The lowest BCUT2D eigenvalue weighted by Gasteiger charge is -2.53. The Labute approximate surface area is 130 Å². The van der Waals surface area contributed by atoms with Crippen LogP contribution in [0.5, 0.6) is 0 Å². The minimum atomic E-state index is -1.04. The molecule has 1 aromatic rings. The van der Waals surface area contributed by atoms with Crippen LogP contribution < -0.4 is 0 Å². The topological polar surface area (TPSA) is 55.8 Å². The fourth-order valence-electron chi connectivity index (χ4n) is 3.52. The highest BCUT2D eigenvalue weighted by Gasteiger charge is 2.73. The summed E-state index contributed by atoms with van der Waals surface area (Å²) in [7, 11) is 1.35. The van der Waals surface area contributed by atoms with Gasteiger partial charge in [-0.25, -0.2) is 4.79 Å². The number of benzene rings is 1. The first kappa shape index (κ1) is 15.0. The van der Waals surface area contributed by atoms with Crippen molar-refractivity contribution in [3.05, 3.63) is 35.9 Å². The molecule has 0 N–H and O–H groups in total. The Kier molecular flexibility index (Phi) is 3.29. The van der Waals surface area contributed by atoms with Crippen molar-refractivity contribution in [2.75, 3.05) is 13.7 Å². The smallest absolute Gasteiger partial charge is 0.335 e. The van der Waals surface area contributed by atoms with E-state index in [1.807, 2.05) is 51.1 Å². The normalized spacial score (nSPS) is 30.7. The maximum Gasteiger partial charge on any atom is 0.335 e. The number of methoxy groups -OCH3 is 1. The number of hydrogen-bond acceptors (Lipinski definition) is 4. The van der Waals surface area contributed by atoms with Crippen molar-refractivity contribution in [2.24, 2.45) is 5.41 Å². The number of β-lactam (4-membered cyclic amide) rings is 1. The van der Waals surface area contributed by atoms with Gasteiger partial charge in [-0.05, 0) is 5.56 Å². The minimum absolute atomic E-state index is 0.0750. The van der Waals surface area contributed by atoms with Gasteiger partial charge in [0.25, 0.3) is 0 Å². The Morgan fingerprint density at radius 1 is 1.32 bits per heavy atom. The van der Waals surface area contributed by atoms with Gasteiger partial charge in [-0.3, -0.25) is 9.69 Å². The zero-order valence-corrected chi connectivity index (χ0v) is 13.3. The van der Waals surface area contributed by atoms with E-state index in [1.165, 1.54) is 7.11 Å². The van der Waals surface area contributed by atoms with Crippen LogP contribution in [-0.2, 0) is 19.1 Å². The molecule has 2 aliphatic rings. The molecule has 0 radical (unpaired) electrons. The summed E-state index contributed by atoms with van der Waals surface area (Å²) in [5, 5.41) is 0. The van der Waals surface area contributed by atoms with E-state index in [1.54, 1.807) is 4.90 Å². The van der Waals surface area contributed by atoms with Crippen molar-refractivity contribution in [3.8, 4) is 0 Å². The molecule has 2 saturated heterocycles. The SMILES string of the molecule is COC(=O)[C@]12CO[C@H](C(C)(C)C)N1C(=O)[C@H]2c1ccccc1. The van der Waals surface area contributed by atoms with Crippen LogP contribution in [-0.4, -0.2) is 42.3 Å². The van der Waals surface area contributed by atoms with Crippen LogP contribution >= 0.6 is 0 Å². The number of hydrogen-bond donors (Lipinski definition) is 0. The largest absolute Gasteiger partial charge is 0.467 e. The van der Waals surface area contributed by atoms with Crippen LogP contribution in [0.3, 0.4) is 0 Å². The van der Waals surface area contributed by atoms with Crippen molar-refractivity contribution in [1.29, 1.82) is 0 Å². The Hall–Kier alpha value is -1.88. The van der Waals surface area contributed by atoms with Crippen LogP contribution in [0.4, 0.5) is 0 Å². The predicted molar refractivity (Wildman–Crippen MR) is 80.0 cm³/mol. The molecule has 5 nitrogen and oxygen atoms in total. The Bertz CT molecular complexity index is 607. The van der Waals surface area contributed by atoms with Gasteiger partial charge >= 0.3 is 5.97 Å². The van der Waals surface area contributed by atoms with Crippen LogP contribution in [0.1, 0.15) is 32.3 Å². The van der Waals surface area contributed by atoms with E-state index in [4.69, 9.17) is 9.47 Å². The number of esters is 1. The van der Waals surface area contributed by atoms with Gasteiger partial charge in [0.1, 0.15) is 6.23 Å². The van der Waals surface area contributed by atoms with E-state index in [0.717, 1.165) is 5.56 Å². The first-order valence-corrected chi connectivity index (χ1v) is 7.42. The first-order chi connectivity index (χ1) is 10.3. The van der Waals surface area contributed by atoms with E-state index in [9.17, 15) is 9.59 Å². The lowest BCUT2D eigenvalue weighted by molar-refractivity contribution is -0.184. The molecule has 0 aromatic heterocycles. The molecule has 2 aliphatic heterocycles. The molecule has 0 spiro atoms. The van der Waals surface area contributed by atoms with Crippen LogP contribution in [0.2, 0.25) is 0 Å². The molecule has 0 unspecified atom stereocenters. The van der Waals surface area contributed by atoms with Gasteiger partial charge in [0.15, 0.2) is 5.54 Å². The van der Waals surface area contributed by atoms with Crippen molar-refractivity contribution < 1.29 is 19.1 Å². The molecular formula is C17H21NO4. The number of nitrogens with zero attached hydrogens (tertiary/aromatic N) is 1. The number of carbonyl (C=O) groups excluding carboxylic acids is 2. The molecule has 0 bridgehead atoms. The summed E-state index contributed by atoms with van der Waals surface area (Å²) in [6, 6.07) is 9.36. The molecular weight excluding hydrogens is 282 g/mol. The molecule has 0 saturated carbocycles. The summed E-state index contributed by atoms with van der Waals surface area (Å²) in [5.74, 6) is -1.02. The number of rotatable bonds is 2. The van der Waals surface area contributed by atoms with Gasteiger partial charge in [0.2, 0.25) is 5.91 Å². The highest BCUT2D eigenvalue weighted by atomic mass is 16.6. The summed E-state index contributed by atoms with van der Waals surface area (Å²) in [5.41, 5.74) is -0.481. The van der Waals surface area contributed by atoms with Crippen molar-refractivity contribution >= 4 is 11.9 Å². The molecule has 2 fully saturated rings. The van der Waals surface area contributed by atoms with E-state index in [2.05, 4.69) is 0 Å². The molecule has 2 heterocycles. The molecule has 0 aliphatic carbocycles. The molecule has 1 amide bonds. The number of fused-ring (bicyclic) bond motifs is 1. The lowest BCUT2D eigenvalue weighted by atomic mass is 9.69. The van der Waals surface area contributed by atoms with Gasteiger partial charge < -0.3 is 9.47 Å². The highest BCUT2D eigenvalue weighted by molar-refractivity contribution is 6.05. The standard InChI is InChI=1S/C17H21NO4/c1-16(2,3)14-18-13(19)12(11-8-6-5-7-9-11)17(18,10-22-14)15(20)21-4/h5-9,12,14H,10H2,1-4H3/t12-,14-,17-/m1/s1. The quantitative estimate of drug-likeness (QED) is 0.619. The summed E-state index contributed by atoms with van der Waals surface area (Å²) >= 11 is 0. The summed E-state index contributed by atoms with van der Waals surface area (Å²) < 4.78 is 10.9. The summed E-state index contributed by atoms with van der Waals surface area (Å²) in [4.78, 5) is 26.8. The molecule has 118 valence electrons. The van der Waals surface area contributed by atoms with E-state index in [0.29, 0.717) is 0 Å². The fourth-order valence-corrected chi connectivity index (χ4v) is 3.52. The van der Waals surface area contributed by atoms with Crippen molar-refractivity contribution in [2.45, 2.75) is 38.5 Å². The van der Waals surface area contributed by atoms with E-state index >= 15 is 0 Å². The second-order valence-electron chi connectivity index (χ2n) is 7.00. The number of carbonyl (C=O) groups is 2. The maximum atomic E-state index is 12.8. The van der Waals surface area contributed by atoms with Crippen LogP contribution in [0.25, 0.3) is 0 Å².